The van der Waals surface area contributed by atoms with E-state index in [0.717, 1.165) is 99.5 Å². The van der Waals surface area contributed by atoms with Gasteiger partial charge in [-0.3, -0.25) is 0 Å². The van der Waals surface area contributed by atoms with E-state index in [9.17, 15) is 0 Å². The van der Waals surface area contributed by atoms with Gasteiger partial charge in [0, 0.05) is 60.3 Å². The van der Waals surface area contributed by atoms with Crippen LogP contribution in [0.3, 0.4) is 0 Å². The van der Waals surface area contributed by atoms with Crippen LogP contribution in [0, 0.1) is 0 Å². The Bertz CT molecular complexity index is 3930. The highest BCUT2D eigenvalue weighted by Gasteiger charge is 2.19. The zero-order chi connectivity index (χ0) is 41.4. The molecule has 4 aromatic heterocycles. The Morgan fingerprint density at radius 2 is 0.841 bits per heavy atom. The van der Waals surface area contributed by atoms with E-state index >= 15 is 0 Å². The van der Waals surface area contributed by atoms with Crippen molar-refractivity contribution >= 4 is 65.7 Å². The first kappa shape index (κ1) is 35.2. The van der Waals surface area contributed by atoms with Crippen molar-refractivity contribution in [2.75, 3.05) is 0 Å². The van der Waals surface area contributed by atoms with Crippen LogP contribution >= 0.6 is 0 Å². The van der Waals surface area contributed by atoms with Crippen molar-refractivity contribution < 1.29 is 8.83 Å². The minimum Gasteiger partial charge on any atom is -0.456 e. The molecule has 4 heterocycles. The van der Waals surface area contributed by atoms with Crippen LogP contribution in [0.25, 0.3) is 128 Å². The number of para-hydroxylation sites is 4. The van der Waals surface area contributed by atoms with Crippen LogP contribution in [-0.4, -0.2) is 19.5 Å². The number of hydrogen-bond donors (Lipinski definition) is 0. The molecule has 0 saturated heterocycles. The van der Waals surface area contributed by atoms with E-state index in [1.165, 1.54) is 10.8 Å². The summed E-state index contributed by atoms with van der Waals surface area (Å²) in [5.74, 6) is 1.76. The molecule has 0 saturated carbocycles. The maximum absolute atomic E-state index is 6.29. The van der Waals surface area contributed by atoms with Crippen LogP contribution < -0.4 is 0 Å². The Labute approximate surface area is 361 Å². The molecule has 0 unspecified atom stereocenters. The molecule has 0 aliphatic heterocycles. The first-order valence-corrected chi connectivity index (χ1v) is 21.1. The molecule has 0 atom stereocenters. The summed E-state index contributed by atoms with van der Waals surface area (Å²) in [6.07, 6.45) is 0. The maximum Gasteiger partial charge on any atom is 0.164 e. The lowest BCUT2D eigenvalue weighted by Gasteiger charge is -2.14. The van der Waals surface area contributed by atoms with Crippen LogP contribution in [0.5, 0.6) is 0 Å². The molecule has 0 fully saturated rings. The minimum atomic E-state index is 0.575. The van der Waals surface area contributed by atoms with E-state index in [2.05, 4.69) is 144 Å². The lowest BCUT2D eigenvalue weighted by atomic mass is 9.96. The van der Waals surface area contributed by atoms with Crippen molar-refractivity contribution in [2.45, 2.75) is 0 Å². The molecular formula is C57H34N4O2. The molecule has 13 rings (SSSR count). The maximum atomic E-state index is 6.29. The molecule has 63 heavy (non-hydrogen) atoms. The Kier molecular flexibility index (Phi) is 7.80. The predicted octanol–water partition coefficient (Wildman–Crippen LogP) is 15.1. The van der Waals surface area contributed by atoms with Gasteiger partial charge in [0.05, 0.1) is 11.0 Å². The number of furan rings is 2. The molecule has 0 aliphatic carbocycles. The third-order valence-corrected chi connectivity index (χ3v) is 12.2. The van der Waals surface area contributed by atoms with Crippen LogP contribution in [0.1, 0.15) is 0 Å². The number of hydrogen-bond acceptors (Lipinski definition) is 5. The molecule has 0 amide bonds. The summed E-state index contributed by atoms with van der Waals surface area (Å²) in [6.45, 7) is 0. The van der Waals surface area contributed by atoms with Gasteiger partial charge in [0.25, 0.3) is 0 Å². The monoisotopic (exact) mass is 806 g/mol. The van der Waals surface area contributed by atoms with Crippen LogP contribution in [0.15, 0.2) is 215 Å². The molecular weight excluding hydrogens is 773 g/mol. The van der Waals surface area contributed by atoms with Crippen LogP contribution in [0.2, 0.25) is 0 Å². The second-order valence-electron chi connectivity index (χ2n) is 16.0. The van der Waals surface area contributed by atoms with Crippen LogP contribution in [-0.2, 0) is 0 Å². The first-order valence-electron chi connectivity index (χ1n) is 21.1. The van der Waals surface area contributed by atoms with E-state index in [1.54, 1.807) is 0 Å². The third-order valence-electron chi connectivity index (χ3n) is 12.2. The standard InChI is InChI=1S/C57H34N4O2/c1-2-13-35(14-3-1)55-58-56(60-57(59-55)40-27-29-46-44-20-5-8-25-50(44)63-53(46)34-40)39-17-11-18-41(32-39)61-49-24-7-4-19-43(49)47-23-12-22-42(54(47)61)38-16-10-15-36(31-38)37-28-30-52-48(33-37)45-21-6-9-26-51(45)62-52/h1-34H. The summed E-state index contributed by atoms with van der Waals surface area (Å²) < 4.78 is 14.8. The number of rotatable bonds is 6. The smallest absolute Gasteiger partial charge is 0.164 e. The second-order valence-corrected chi connectivity index (χ2v) is 16.0. The average Bonchev–Trinajstić information content (AvgIpc) is 4.03. The molecule has 0 aliphatic rings. The quantitative estimate of drug-likeness (QED) is 0.167. The van der Waals surface area contributed by atoms with Gasteiger partial charge in [-0.25, -0.2) is 15.0 Å². The van der Waals surface area contributed by atoms with Gasteiger partial charge in [-0.05, 0) is 77.4 Å². The topological polar surface area (TPSA) is 69.9 Å². The van der Waals surface area contributed by atoms with Gasteiger partial charge >= 0.3 is 0 Å². The highest BCUT2D eigenvalue weighted by Crippen LogP contribution is 2.41. The molecule has 6 heteroatoms. The van der Waals surface area contributed by atoms with Crippen LogP contribution in [0.4, 0.5) is 0 Å². The molecule has 0 bridgehead atoms. The summed E-state index contributed by atoms with van der Waals surface area (Å²) in [5.41, 5.74) is 13.9. The summed E-state index contributed by atoms with van der Waals surface area (Å²) in [7, 11) is 0. The normalized spacial score (nSPS) is 11.8. The Hall–Kier alpha value is -8.61. The minimum absolute atomic E-state index is 0.575. The van der Waals surface area contributed by atoms with Crippen molar-refractivity contribution in [3.05, 3.63) is 206 Å². The number of nitrogens with zero attached hydrogens (tertiary/aromatic N) is 4. The van der Waals surface area contributed by atoms with Crippen molar-refractivity contribution in [2.24, 2.45) is 0 Å². The third kappa shape index (κ3) is 5.76. The largest absolute Gasteiger partial charge is 0.456 e. The van der Waals surface area contributed by atoms with E-state index in [4.69, 9.17) is 23.8 Å². The van der Waals surface area contributed by atoms with E-state index in [-0.39, 0.29) is 0 Å². The van der Waals surface area contributed by atoms with Crippen molar-refractivity contribution in [3.8, 4) is 62.1 Å². The fourth-order valence-corrected chi connectivity index (χ4v) is 9.29. The zero-order valence-corrected chi connectivity index (χ0v) is 33.7. The van der Waals surface area contributed by atoms with Gasteiger partial charge in [0.1, 0.15) is 22.3 Å². The Balaban J connectivity index is 0.966. The molecule has 294 valence electrons. The summed E-state index contributed by atoms with van der Waals surface area (Å²) in [6, 6.07) is 71.8. The van der Waals surface area contributed by atoms with E-state index in [1.807, 2.05) is 66.7 Å². The molecule has 0 radical (unpaired) electrons. The highest BCUT2D eigenvalue weighted by atomic mass is 16.3. The van der Waals surface area contributed by atoms with Gasteiger partial charge in [-0.1, -0.05) is 146 Å². The summed E-state index contributed by atoms with van der Waals surface area (Å²) in [4.78, 5) is 15.3. The molecule has 6 nitrogen and oxygen atoms in total. The highest BCUT2D eigenvalue weighted by molar-refractivity contribution is 6.14. The SMILES string of the molecule is c1ccc(-c2nc(-c3cccc(-n4c5ccccc5c5cccc(-c6cccc(-c7ccc8oc9ccccc9c8c7)c6)c54)c3)nc(-c3ccc4c(c3)oc3ccccc34)n2)cc1. The lowest BCUT2D eigenvalue weighted by molar-refractivity contribution is 0.668. The summed E-state index contributed by atoms with van der Waals surface area (Å²) in [5, 5.41) is 6.74. The van der Waals surface area contributed by atoms with Crippen molar-refractivity contribution in [1.82, 2.24) is 19.5 Å². The van der Waals surface area contributed by atoms with Gasteiger partial charge in [0.2, 0.25) is 0 Å². The zero-order valence-electron chi connectivity index (χ0n) is 33.7. The van der Waals surface area contributed by atoms with Gasteiger partial charge in [-0.2, -0.15) is 0 Å². The van der Waals surface area contributed by atoms with E-state index in [0.29, 0.717) is 17.5 Å². The summed E-state index contributed by atoms with van der Waals surface area (Å²) >= 11 is 0. The lowest BCUT2D eigenvalue weighted by Crippen LogP contribution is -2.01. The second kappa shape index (κ2) is 14.0. The van der Waals surface area contributed by atoms with Gasteiger partial charge in [-0.15, -0.1) is 0 Å². The van der Waals surface area contributed by atoms with Crippen molar-refractivity contribution in [3.63, 3.8) is 0 Å². The molecule has 0 N–H and O–H groups in total. The molecule has 9 aromatic carbocycles. The van der Waals surface area contributed by atoms with Gasteiger partial charge in [0.15, 0.2) is 17.5 Å². The van der Waals surface area contributed by atoms with Crippen molar-refractivity contribution in [1.29, 1.82) is 0 Å². The molecule has 0 spiro atoms. The Morgan fingerprint density at radius 3 is 1.67 bits per heavy atom. The van der Waals surface area contributed by atoms with Gasteiger partial charge < -0.3 is 13.4 Å². The molecule has 13 aromatic rings. The number of benzene rings is 9. The van der Waals surface area contributed by atoms with E-state index < -0.39 is 0 Å². The predicted molar refractivity (Wildman–Crippen MR) is 256 cm³/mol. The Morgan fingerprint density at radius 1 is 0.302 bits per heavy atom. The fourth-order valence-electron chi connectivity index (χ4n) is 9.29. The first-order chi connectivity index (χ1) is 31.2. The fraction of sp³-hybridized carbons (Fsp3) is 0. The number of aromatic nitrogens is 4. The number of fused-ring (bicyclic) bond motifs is 9. The average molecular weight is 807 g/mol.